The lowest BCUT2D eigenvalue weighted by atomic mass is 10.3. The second-order valence-electron chi connectivity index (χ2n) is 4.54. The third-order valence-corrected chi connectivity index (χ3v) is 3.17. The van der Waals surface area contributed by atoms with Gasteiger partial charge in [0, 0.05) is 13.1 Å². The molecular weight excluding hydrogens is 279 g/mol. The summed E-state index contributed by atoms with van der Waals surface area (Å²) >= 11 is 0. The Morgan fingerprint density at radius 1 is 1.19 bits per heavy atom. The summed E-state index contributed by atoms with van der Waals surface area (Å²) < 4.78 is 18.2. The van der Waals surface area contributed by atoms with E-state index in [9.17, 15) is 14.3 Å². The number of carbonyl (C=O) groups is 1. The number of aromatic nitrogens is 3. The van der Waals surface area contributed by atoms with Gasteiger partial charge in [-0.15, -0.1) is 15.0 Å². The number of morpholine rings is 1. The Balaban J connectivity index is 1.99. The standard InChI is InChI=1S/C13H13FN4O3/c14-9-1-3-10(4-2-9)18-15-11(13(19)20)12(16-18)17-5-7-21-8-6-17/h1-4H,5-8H2,(H,19,20). The van der Waals surface area contributed by atoms with E-state index in [4.69, 9.17) is 4.74 Å². The summed E-state index contributed by atoms with van der Waals surface area (Å²) in [4.78, 5) is 14.4. The van der Waals surface area contributed by atoms with Gasteiger partial charge in [-0.25, -0.2) is 9.18 Å². The van der Waals surface area contributed by atoms with Gasteiger partial charge < -0.3 is 14.7 Å². The molecule has 7 nitrogen and oxygen atoms in total. The van der Waals surface area contributed by atoms with Gasteiger partial charge in [0.15, 0.2) is 5.82 Å². The van der Waals surface area contributed by atoms with Crippen LogP contribution >= 0.6 is 0 Å². The molecule has 8 heteroatoms. The highest BCUT2D eigenvalue weighted by Crippen LogP contribution is 2.19. The lowest BCUT2D eigenvalue weighted by Gasteiger charge is -2.26. The van der Waals surface area contributed by atoms with E-state index in [1.165, 1.54) is 29.1 Å². The van der Waals surface area contributed by atoms with Crippen molar-refractivity contribution < 1.29 is 19.0 Å². The molecule has 0 unspecified atom stereocenters. The van der Waals surface area contributed by atoms with Gasteiger partial charge in [-0.1, -0.05) is 0 Å². The number of hydrogen-bond acceptors (Lipinski definition) is 5. The quantitative estimate of drug-likeness (QED) is 0.907. The minimum Gasteiger partial charge on any atom is -0.476 e. The van der Waals surface area contributed by atoms with Crippen molar-refractivity contribution >= 4 is 11.8 Å². The molecule has 0 radical (unpaired) electrons. The van der Waals surface area contributed by atoms with Gasteiger partial charge in [-0.2, -0.15) is 0 Å². The molecule has 1 fully saturated rings. The molecule has 1 aromatic heterocycles. The maximum absolute atomic E-state index is 12.9. The molecule has 1 aliphatic rings. The van der Waals surface area contributed by atoms with E-state index in [2.05, 4.69) is 10.2 Å². The number of nitrogens with zero attached hydrogens (tertiary/aromatic N) is 4. The summed E-state index contributed by atoms with van der Waals surface area (Å²) in [6.45, 7) is 2.15. The Bertz CT molecular complexity index is 650. The molecular formula is C13H13FN4O3. The van der Waals surface area contributed by atoms with Crippen molar-refractivity contribution in [2.45, 2.75) is 0 Å². The van der Waals surface area contributed by atoms with Crippen LogP contribution in [0, 0.1) is 5.82 Å². The Hall–Kier alpha value is -2.48. The van der Waals surface area contributed by atoms with Crippen LogP contribution in [0.2, 0.25) is 0 Å². The maximum Gasteiger partial charge on any atom is 0.360 e. The van der Waals surface area contributed by atoms with E-state index in [1.54, 1.807) is 0 Å². The Kier molecular flexibility index (Phi) is 3.53. The number of ether oxygens (including phenoxy) is 1. The van der Waals surface area contributed by atoms with Gasteiger partial charge in [-0.05, 0) is 24.3 Å². The van der Waals surface area contributed by atoms with Crippen LogP contribution < -0.4 is 4.90 Å². The molecule has 0 spiro atoms. The first-order valence-corrected chi connectivity index (χ1v) is 6.44. The maximum atomic E-state index is 12.9. The van der Waals surface area contributed by atoms with Gasteiger partial charge in [0.2, 0.25) is 5.69 Å². The van der Waals surface area contributed by atoms with Crippen LogP contribution in [-0.2, 0) is 4.74 Å². The molecule has 0 bridgehead atoms. The molecule has 0 atom stereocenters. The third-order valence-electron chi connectivity index (χ3n) is 3.17. The lowest BCUT2D eigenvalue weighted by molar-refractivity contribution is 0.0689. The molecule has 1 aliphatic heterocycles. The van der Waals surface area contributed by atoms with Crippen LogP contribution in [0.1, 0.15) is 10.5 Å². The summed E-state index contributed by atoms with van der Waals surface area (Å²) in [6, 6.07) is 5.52. The van der Waals surface area contributed by atoms with Crippen LogP contribution in [0.5, 0.6) is 0 Å². The van der Waals surface area contributed by atoms with Crippen molar-refractivity contribution in [1.82, 2.24) is 15.0 Å². The Morgan fingerprint density at radius 2 is 1.86 bits per heavy atom. The van der Waals surface area contributed by atoms with Crippen molar-refractivity contribution in [3.8, 4) is 5.69 Å². The second kappa shape index (κ2) is 5.49. The Labute approximate surface area is 119 Å². The SMILES string of the molecule is O=C(O)c1nn(-c2ccc(F)cc2)nc1N1CCOCC1. The van der Waals surface area contributed by atoms with Gasteiger partial charge >= 0.3 is 5.97 Å². The number of carboxylic acid groups (broad SMARTS) is 1. The van der Waals surface area contributed by atoms with Crippen molar-refractivity contribution in [2.75, 3.05) is 31.2 Å². The van der Waals surface area contributed by atoms with Gasteiger partial charge in [0.25, 0.3) is 0 Å². The highest BCUT2D eigenvalue weighted by atomic mass is 19.1. The molecule has 0 saturated carbocycles. The smallest absolute Gasteiger partial charge is 0.360 e. The number of rotatable bonds is 3. The predicted molar refractivity (Wildman–Crippen MR) is 71.3 cm³/mol. The van der Waals surface area contributed by atoms with E-state index in [0.29, 0.717) is 37.8 Å². The number of halogens is 1. The van der Waals surface area contributed by atoms with Crippen LogP contribution in [-0.4, -0.2) is 52.4 Å². The lowest BCUT2D eigenvalue weighted by Crippen LogP contribution is -2.37. The number of anilines is 1. The summed E-state index contributed by atoms with van der Waals surface area (Å²) in [5.74, 6) is -1.22. The summed E-state index contributed by atoms with van der Waals surface area (Å²) in [6.07, 6.45) is 0. The number of aromatic carboxylic acids is 1. The van der Waals surface area contributed by atoms with E-state index < -0.39 is 5.97 Å². The average Bonchev–Trinajstić information content (AvgIpc) is 2.94. The summed E-state index contributed by atoms with van der Waals surface area (Å²) in [7, 11) is 0. The summed E-state index contributed by atoms with van der Waals surface area (Å²) in [5, 5.41) is 17.5. The zero-order valence-corrected chi connectivity index (χ0v) is 11.1. The van der Waals surface area contributed by atoms with Crippen LogP contribution in [0.25, 0.3) is 5.69 Å². The monoisotopic (exact) mass is 292 g/mol. The average molecular weight is 292 g/mol. The number of carboxylic acids is 1. The second-order valence-corrected chi connectivity index (χ2v) is 4.54. The summed E-state index contributed by atoms with van der Waals surface area (Å²) in [5.41, 5.74) is 0.375. The molecule has 21 heavy (non-hydrogen) atoms. The predicted octanol–water partition coefficient (Wildman–Crippen LogP) is 0.941. The first-order chi connectivity index (χ1) is 10.1. The first-order valence-electron chi connectivity index (χ1n) is 6.44. The highest BCUT2D eigenvalue weighted by molar-refractivity contribution is 5.91. The number of benzene rings is 1. The topological polar surface area (TPSA) is 80.5 Å². The van der Waals surface area contributed by atoms with E-state index in [-0.39, 0.29) is 11.5 Å². The van der Waals surface area contributed by atoms with Crippen LogP contribution in [0.3, 0.4) is 0 Å². The highest BCUT2D eigenvalue weighted by Gasteiger charge is 2.24. The van der Waals surface area contributed by atoms with Crippen LogP contribution in [0.15, 0.2) is 24.3 Å². The van der Waals surface area contributed by atoms with Crippen molar-refractivity contribution in [2.24, 2.45) is 0 Å². The zero-order valence-electron chi connectivity index (χ0n) is 11.1. The zero-order chi connectivity index (χ0) is 14.8. The Morgan fingerprint density at radius 3 is 2.48 bits per heavy atom. The van der Waals surface area contributed by atoms with Crippen LogP contribution in [0.4, 0.5) is 10.2 Å². The van der Waals surface area contributed by atoms with Crippen molar-refractivity contribution in [3.05, 3.63) is 35.8 Å². The molecule has 1 N–H and O–H groups in total. The number of hydrogen-bond donors (Lipinski definition) is 1. The minimum atomic E-state index is -1.15. The van der Waals surface area contributed by atoms with E-state index >= 15 is 0 Å². The minimum absolute atomic E-state index is 0.124. The first kappa shape index (κ1) is 13.5. The third kappa shape index (κ3) is 2.70. The molecule has 0 amide bonds. The van der Waals surface area contributed by atoms with Gasteiger partial charge in [0.1, 0.15) is 5.82 Å². The van der Waals surface area contributed by atoms with E-state index in [0.717, 1.165) is 0 Å². The van der Waals surface area contributed by atoms with Gasteiger partial charge in [-0.3, -0.25) is 0 Å². The fourth-order valence-corrected chi connectivity index (χ4v) is 2.12. The van der Waals surface area contributed by atoms with Crippen molar-refractivity contribution in [3.63, 3.8) is 0 Å². The molecule has 110 valence electrons. The van der Waals surface area contributed by atoms with Crippen molar-refractivity contribution in [1.29, 1.82) is 0 Å². The molecule has 2 aromatic rings. The molecule has 2 heterocycles. The molecule has 1 aromatic carbocycles. The normalized spacial score (nSPS) is 15.2. The largest absolute Gasteiger partial charge is 0.476 e. The van der Waals surface area contributed by atoms with Gasteiger partial charge in [0.05, 0.1) is 18.9 Å². The molecule has 0 aliphatic carbocycles. The molecule has 3 rings (SSSR count). The van der Waals surface area contributed by atoms with E-state index in [1.807, 2.05) is 4.90 Å². The molecule has 1 saturated heterocycles. The fourth-order valence-electron chi connectivity index (χ4n) is 2.12. The fraction of sp³-hybridized carbons (Fsp3) is 0.308.